The number of carbonyl (C=O) groups excluding carboxylic acids is 1. The summed E-state index contributed by atoms with van der Waals surface area (Å²) in [5.41, 5.74) is 1.11. The maximum Gasteiger partial charge on any atom is 0.513 e. The molecular weight excluding hydrogens is 249 g/mol. The molecule has 5 heteroatoms. The summed E-state index contributed by atoms with van der Waals surface area (Å²) in [5.74, 6) is -0.0694. The molecule has 0 aliphatic carbocycles. The lowest BCUT2D eigenvalue weighted by Gasteiger charge is -2.08. The maximum atomic E-state index is 12.9. The molecule has 0 fully saturated rings. The summed E-state index contributed by atoms with van der Waals surface area (Å²) < 4.78 is 22.6. The third-order valence-electron chi connectivity index (χ3n) is 2.34. The van der Waals surface area contributed by atoms with E-state index < -0.39 is 6.16 Å². The van der Waals surface area contributed by atoms with E-state index in [0.29, 0.717) is 11.3 Å². The predicted molar refractivity (Wildman–Crippen MR) is 67.3 cm³/mol. The minimum Gasteiger partial charge on any atom is -0.434 e. The van der Waals surface area contributed by atoms with Crippen molar-refractivity contribution in [2.45, 2.75) is 6.92 Å². The minimum atomic E-state index is -0.793. The van der Waals surface area contributed by atoms with Crippen LogP contribution in [0.5, 0.6) is 5.75 Å². The zero-order chi connectivity index (χ0) is 13.7. The fraction of sp³-hybridized carbons (Fsp3) is 0.143. The molecule has 4 nitrogen and oxygen atoms in total. The number of benzene rings is 1. The number of halogens is 1. The van der Waals surface area contributed by atoms with Gasteiger partial charge in [0.15, 0.2) is 5.75 Å². The summed E-state index contributed by atoms with van der Waals surface area (Å²) in [5, 5.41) is 0. The van der Waals surface area contributed by atoms with Crippen molar-refractivity contribution in [3.63, 3.8) is 0 Å². The van der Waals surface area contributed by atoms with Gasteiger partial charge in [0.25, 0.3) is 0 Å². The third kappa shape index (κ3) is 3.28. The predicted octanol–water partition coefficient (Wildman–Crippen LogP) is 3.42. The molecule has 0 saturated heterocycles. The summed E-state index contributed by atoms with van der Waals surface area (Å²) in [6.07, 6.45) is 0.773. The summed E-state index contributed by atoms with van der Waals surface area (Å²) in [4.78, 5) is 15.5. The number of pyridine rings is 1. The van der Waals surface area contributed by atoms with Crippen LogP contribution in [0.2, 0.25) is 0 Å². The van der Waals surface area contributed by atoms with Crippen molar-refractivity contribution in [2.24, 2.45) is 0 Å². The van der Waals surface area contributed by atoms with Gasteiger partial charge in [0.1, 0.15) is 11.5 Å². The molecule has 98 valence electrons. The topological polar surface area (TPSA) is 48.4 Å². The Kier molecular flexibility index (Phi) is 4.07. The number of hydrogen-bond acceptors (Lipinski definition) is 4. The van der Waals surface area contributed by atoms with Gasteiger partial charge in [-0.05, 0) is 43.3 Å². The van der Waals surface area contributed by atoms with Gasteiger partial charge < -0.3 is 9.47 Å². The van der Waals surface area contributed by atoms with Crippen LogP contribution >= 0.6 is 0 Å². The van der Waals surface area contributed by atoms with Gasteiger partial charge in [-0.25, -0.2) is 9.18 Å². The molecule has 0 radical (unpaired) electrons. The Labute approximate surface area is 109 Å². The molecule has 0 saturated carbocycles. The van der Waals surface area contributed by atoms with E-state index in [1.807, 2.05) is 0 Å². The Morgan fingerprint density at radius 3 is 2.68 bits per heavy atom. The van der Waals surface area contributed by atoms with Gasteiger partial charge >= 0.3 is 6.16 Å². The molecule has 1 heterocycles. The van der Waals surface area contributed by atoms with E-state index in [1.54, 1.807) is 37.4 Å². The van der Waals surface area contributed by atoms with Crippen molar-refractivity contribution >= 4 is 6.16 Å². The van der Waals surface area contributed by atoms with E-state index in [9.17, 15) is 9.18 Å². The number of rotatable bonds is 3. The highest BCUT2D eigenvalue weighted by molar-refractivity contribution is 5.71. The third-order valence-corrected chi connectivity index (χ3v) is 2.34. The van der Waals surface area contributed by atoms with Crippen molar-refractivity contribution in [2.75, 3.05) is 6.61 Å². The Bertz CT molecular complexity index is 569. The normalized spacial score (nSPS) is 10.0. The second-order valence-corrected chi connectivity index (χ2v) is 3.64. The van der Waals surface area contributed by atoms with Crippen molar-refractivity contribution in [1.29, 1.82) is 0 Å². The first kappa shape index (κ1) is 13.0. The van der Waals surface area contributed by atoms with Gasteiger partial charge in [-0.1, -0.05) is 0 Å². The molecule has 2 rings (SSSR count). The second kappa shape index (κ2) is 5.95. The molecule has 0 N–H and O–H groups in total. The van der Waals surface area contributed by atoms with Crippen molar-refractivity contribution in [3.8, 4) is 17.0 Å². The molecule has 0 unspecified atom stereocenters. The van der Waals surface area contributed by atoms with Gasteiger partial charge in [-0.2, -0.15) is 0 Å². The highest BCUT2D eigenvalue weighted by atomic mass is 19.1. The van der Waals surface area contributed by atoms with Crippen LogP contribution < -0.4 is 4.74 Å². The lowest BCUT2D eigenvalue weighted by molar-refractivity contribution is 0.104. The van der Waals surface area contributed by atoms with E-state index in [1.165, 1.54) is 12.1 Å². The molecule has 19 heavy (non-hydrogen) atoms. The van der Waals surface area contributed by atoms with E-state index in [-0.39, 0.29) is 18.2 Å². The first-order valence-electron chi connectivity index (χ1n) is 5.76. The smallest absolute Gasteiger partial charge is 0.434 e. The zero-order valence-electron chi connectivity index (χ0n) is 10.3. The molecule has 0 atom stereocenters. The van der Waals surface area contributed by atoms with Crippen LogP contribution in [0.1, 0.15) is 6.92 Å². The Hall–Kier alpha value is -2.43. The molecule has 2 aromatic rings. The van der Waals surface area contributed by atoms with Crippen LogP contribution in [0.4, 0.5) is 9.18 Å². The Morgan fingerprint density at radius 2 is 2.00 bits per heavy atom. The Morgan fingerprint density at radius 1 is 1.26 bits per heavy atom. The van der Waals surface area contributed by atoms with Gasteiger partial charge in [0.2, 0.25) is 0 Å². The van der Waals surface area contributed by atoms with Crippen LogP contribution in [-0.4, -0.2) is 17.7 Å². The standard InChI is InChI=1S/C14H12FNO3/c1-2-18-14(17)19-12-4-3-9-16-13(12)10-5-7-11(15)8-6-10/h3-9H,2H2,1H3. The van der Waals surface area contributed by atoms with Gasteiger partial charge in [-0.3, -0.25) is 4.98 Å². The minimum absolute atomic E-state index is 0.227. The summed E-state index contributed by atoms with van der Waals surface area (Å²) in [7, 11) is 0. The Balaban J connectivity index is 2.30. The number of hydrogen-bond donors (Lipinski definition) is 0. The first-order valence-corrected chi connectivity index (χ1v) is 5.76. The molecule has 0 aliphatic rings. The lowest BCUT2D eigenvalue weighted by Crippen LogP contribution is -2.11. The lowest BCUT2D eigenvalue weighted by atomic mass is 10.1. The molecule has 1 aromatic carbocycles. The van der Waals surface area contributed by atoms with E-state index >= 15 is 0 Å². The SMILES string of the molecule is CCOC(=O)Oc1cccnc1-c1ccc(F)cc1. The molecule has 0 bridgehead atoms. The van der Waals surface area contributed by atoms with Crippen LogP contribution in [-0.2, 0) is 4.74 Å². The quantitative estimate of drug-likeness (QED) is 0.794. The monoisotopic (exact) mass is 261 g/mol. The number of aromatic nitrogens is 1. The van der Waals surface area contributed by atoms with Crippen molar-refractivity contribution in [1.82, 2.24) is 4.98 Å². The molecule has 0 spiro atoms. The van der Waals surface area contributed by atoms with Crippen molar-refractivity contribution < 1.29 is 18.7 Å². The van der Waals surface area contributed by atoms with Crippen LogP contribution in [0, 0.1) is 5.82 Å². The zero-order valence-corrected chi connectivity index (χ0v) is 10.3. The largest absolute Gasteiger partial charge is 0.513 e. The van der Waals surface area contributed by atoms with E-state index in [0.717, 1.165) is 0 Å². The highest BCUT2D eigenvalue weighted by Gasteiger charge is 2.12. The average Bonchev–Trinajstić information content (AvgIpc) is 2.41. The van der Waals surface area contributed by atoms with Crippen LogP contribution in [0.3, 0.4) is 0 Å². The highest BCUT2D eigenvalue weighted by Crippen LogP contribution is 2.27. The molecule has 0 aliphatic heterocycles. The number of carbonyl (C=O) groups is 1. The van der Waals surface area contributed by atoms with E-state index in [2.05, 4.69) is 4.98 Å². The summed E-state index contributed by atoms with van der Waals surface area (Å²) in [6.45, 7) is 1.91. The summed E-state index contributed by atoms with van der Waals surface area (Å²) >= 11 is 0. The van der Waals surface area contributed by atoms with Gasteiger partial charge in [0, 0.05) is 11.8 Å². The fourth-order valence-corrected chi connectivity index (χ4v) is 1.53. The van der Waals surface area contributed by atoms with E-state index in [4.69, 9.17) is 9.47 Å². The van der Waals surface area contributed by atoms with Crippen molar-refractivity contribution in [3.05, 3.63) is 48.4 Å². The number of ether oxygens (including phenoxy) is 2. The van der Waals surface area contributed by atoms with Gasteiger partial charge in [0.05, 0.1) is 6.61 Å². The number of nitrogens with zero attached hydrogens (tertiary/aromatic N) is 1. The maximum absolute atomic E-state index is 12.9. The molecule has 0 amide bonds. The van der Waals surface area contributed by atoms with Gasteiger partial charge in [-0.15, -0.1) is 0 Å². The molecule has 1 aromatic heterocycles. The second-order valence-electron chi connectivity index (χ2n) is 3.64. The first-order chi connectivity index (χ1) is 9.20. The molecular formula is C14H12FNO3. The average molecular weight is 261 g/mol. The van der Waals surface area contributed by atoms with Crippen LogP contribution in [0.25, 0.3) is 11.3 Å². The summed E-state index contributed by atoms with van der Waals surface area (Å²) in [6, 6.07) is 9.01. The van der Waals surface area contributed by atoms with Crippen LogP contribution in [0.15, 0.2) is 42.6 Å². The fourth-order valence-electron chi connectivity index (χ4n) is 1.53.